The van der Waals surface area contributed by atoms with Crippen LogP contribution in [0.15, 0.2) is 18.2 Å². The van der Waals surface area contributed by atoms with Crippen molar-refractivity contribution in [2.45, 2.75) is 57.1 Å². The van der Waals surface area contributed by atoms with Gasteiger partial charge < -0.3 is 5.73 Å². The third-order valence-corrected chi connectivity index (χ3v) is 5.32. The molecule has 0 spiro atoms. The highest BCUT2D eigenvalue weighted by molar-refractivity contribution is 7.99. The Hall–Kier alpha value is -0.470. The molecular weight excluding hydrogens is 238 g/mol. The summed E-state index contributed by atoms with van der Waals surface area (Å²) >= 11 is 2.05. The number of aryl methyl sites for hydroxylation is 2. The average molecular weight is 263 g/mol. The van der Waals surface area contributed by atoms with E-state index in [2.05, 4.69) is 50.7 Å². The van der Waals surface area contributed by atoms with E-state index in [1.807, 2.05) is 0 Å². The van der Waals surface area contributed by atoms with E-state index in [9.17, 15) is 0 Å². The summed E-state index contributed by atoms with van der Waals surface area (Å²) in [4.78, 5) is 0. The van der Waals surface area contributed by atoms with E-state index in [1.165, 1.54) is 36.0 Å². The van der Waals surface area contributed by atoms with Gasteiger partial charge in [-0.25, -0.2) is 0 Å². The lowest BCUT2D eigenvalue weighted by Crippen LogP contribution is -2.37. The number of rotatable bonds is 3. The molecule has 0 heterocycles. The molecule has 0 bridgehead atoms. The van der Waals surface area contributed by atoms with E-state index in [0.29, 0.717) is 11.3 Å². The van der Waals surface area contributed by atoms with Crippen molar-refractivity contribution in [1.29, 1.82) is 0 Å². The lowest BCUT2D eigenvalue weighted by molar-refractivity contribution is 0.357. The fraction of sp³-hybridized carbons (Fsp3) is 0.625. The molecule has 0 saturated heterocycles. The predicted octanol–water partition coefficient (Wildman–Crippen LogP) is 4.05. The van der Waals surface area contributed by atoms with Crippen LogP contribution in [-0.2, 0) is 5.75 Å². The van der Waals surface area contributed by atoms with Crippen molar-refractivity contribution in [3.8, 4) is 0 Å². The Morgan fingerprint density at radius 1 is 1.17 bits per heavy atom. The average Bonchev–Trinajstić information content (AvgIpc) is 2.29. The summed E-state index contributed by atoms with van der Waals surface area (Å²) in [7, 11) is 0. The summed E-state index contributed by atoms with van der Waals surface area (Å²) in [5, 5.41) is 0.648. The number of nitrogens with two attached hydrogens (primary N) is 1. The Balaban J connectivity index is 1.94. The number of hydrogen-bond donors (Lipinski definition) is 1. The van der Waals surface area contributed by atoms with Gasteiger partial charge in [-0.05, 0) is 44.6 Å². The molecule has 1 aliphatic rings. The summed E-state index contributed by atoms with van der Waals surface area (Å²) in [6.07, 6.45) is 3.80. The predicted molar refractivity (Wildman–Crippen MR) is 82.0 cm³/mol. The molecule has 1 aromatic rings. The first kappa shape index (κ1) is 14.0. The second-order valence-corrected chi connectivity index (χ2v) is 7.16. The zero-order chi connectivity index (χ0) is 13.1. The van der Waals surface area contributed by atoms with Crippen LogP contribution in [0.4, 0.5) is 0 Å². The molecular formula is C16H25NS. The fourth-order valence-corrected chi connectivity index (χ4v) is 4.32. The first-order valence-electron chi connectivity index (χ1n) is 6.99. The van der Waals surface area contributed by atoms with E-state index in [4.69, 9.17) is 5.73 Å². The molecule has 1 fully saturated rings. The summed E-state index contributed by atoms with van der Waals surface area (Å²) in [6.45, 7) is 6.71. The van der Waals surface area contributed by atoms with Crippen molar-refractivity contribution in [2.75, 3.05) is 0 Å². The van der Waals surface area contributed by atoms with Gasteiger partial charge in [0.25, 0.3) is 0 Å². The molecule has 0 radical (unpaired) electrons. The number of thioether (sulfide) groups is 1. The lowest BCUT2D eigenvalue weighted by atomic mass is 9.87. The van der Waals surface area contributed by atoms with Crippen LogP contribution in [0.5, 0.6) is 0 Å². The fourth-order valence-electron chi connectivity index (χ4n) is 2.90. The SMILES string of the molecule is Cc1cc(C)cc(CSC2CC(C)CCC2N)c1. The first-order valence-corrected chi connectivity index (χ1v) is 8.04. The molecule has 2 rings (SSSR count). The maximum Gasteiger partial charge on any atom is 0.0204 e. The summed E-state index contributed by atoms with van der Waals surface area (Å²) in [5.74, 6) is 1.95. The summed E-state index contributed by atoms with van der Waals surface area (Å²) in [6, 6.07) is 7.25. The topological polar surface area (TPSA) is 26.0 Å². The second-order valence-electron chi connectivity index (χ2n) is 5.93. The van der Waals surface area contributed by atoms with Crippen LogP contribution >= 0.6 is 11.8 Å². The van der Waals surface area contributed by atoms with Crippen LogP contribution in [-0.4, -0.2) is 11.3 Å². The molecule has 18 heavy (non-hydrogen) atoms. The highest BCUT2D eigenvalue weighted by Gasteiger charge is 2.26. The summed E-state index contributed by atoms with van der Waals surface area (Å²) < 4.78 is 0. The van der Waals surface area contributed by atoms with Gasteiger partial charge in [0.05, 0.1) is 0 Å². The monoisotopic (exact) mass is 263 g/mol. The van der Waals surface area contributed by atoms with Gasteiger partial charge in [-0.15, -0.1) is 0 Å². The Bertz CT molecular complexity index is 382. The van der Waals surface area contributed by atoms with Crippen LogP contribution in [0.3, 0.4) is 0 Å². The third kappa shape index (κ3) is 3.76. The zero-order valence-electron chi connectivity index (χ0n) is 11.8. The number of benzene rings is 1. The molecule has 3 atom stereocenters. The molecule has 2 N–H and O–H groups in total. The molecule has 0 aliphatic heterocycles. The van der Waals surface area contributed by atoms with Crippen molar-refractivity contribution in [3.05, 3.63) is 34.9 Å². The Labute approximate surface area is 116 Å². The number of hydrogen-bond acceptors (Lipinski definition) is 2. The third-order valence-electron chi connectivity index (χ3n) is 3.85. The maximum atomic E-state index is 6.24. The van der Waals surface area contributed by atoms with E-state index in [0.717, 1.165) is 11.7 Å². The minimum Gasteiger partial charge on any atom is -0.327 e. The first-order chi connectivity index (χ1) is 8.54. The highest BCUT2D eigenvalue weighted by atomic mass is 32.2. The molecule has 1 saturated carbocycles. The van der Waals surface area contributed by atoms with E-state index in [1.54, 1.807) is 0 Å². The quantitative estimate of drug-likeness (QED) is 0.890. The van der Waals surface area contributed by atoms with Crippen LogP contribution < -0.4 is 5.73 Å². The largest absolute Gasteiger partial charge is 0.327 e. The highest BCUT2D eigenvalue weighted by Crippen LogP contribution is 2.33. The van der Waals surface area contributed by atoms with Crippen LogP contribution in [0.25, 0.3) is 0 Å². The van der Waals surface area contributed by atoms with Crippen molar-refractivity contribution in [2.24, 2.45) is 11.7 Å². The van der Waals surface area contributed by atoms with Crippen molar-refractivity contribution in [1.82, 2.24) is 0 Å². The van der Waals surface area contributed by atoms with Gasteiger partial charge >= 0.3 is 0 Å². The van der Waals surface area contributed by atoms with Gasteiger partial charge in [0.2, 0.25) is 0 Å². The Morgan fingerprint density at radius 2 is 1.83 bits per heavy atom. The molecule has 1 aromatic carbocycles. The van der Waals surface area contributed by atoms with Crippen LogP contribution in [0, 0.1) is 19.8 Å². The normalized spacial score (nSPS) is 28.3. The Kier molecular flexibility index (Phi) is 4.74. The smallest absolute Gasteiger partial charge is 0.0204 e. The van der Waals surface area contributed by atoms with E-state index < -0.39 is 0 Å². The van der Waals surface area contributed by atoms with Gasteiger partial charge in [0.1, 0.15) is 0 Å². The maximum absolute atomic E-state index is 6.24. The minimum atomic E-state index is 0.400. The molecule has 0 amide bonds. The van der Waals surface area contributed by atoms with E-state index >= 15 is 0 Å². The van der Waals surface area contributed by atoms with Crippen molar-refractivity contribution < 1.29 is 0 Å². The van der Waals surface area contributed by atoms with Crippen LogP contribution in [0.1, 0.15) is 42.9 Å². The van der Waals surface area contributed by atoms with Crippen molar-refractivity contribution >= 4 is 11.8 Å². The minimum absolute atomic E-state index is 0.400. The van der Waals surface area contributed by atoms with Gasteiger partial charge in [0.15, 0.2) is 0 Å². The molecule has 1 nitrogen and oxygen atoms in total. The Morgan fingerprint density at radius 3 is 2.50 bits per heavy atom. The van der Waals surface area contributed by atoms with E-state index in [-0.39, 0.29) is 0 Å². The zero-order valence-corrected chi connectivity index (χ0v) is 12.6. The summed E-state index contributed by atoms with van der Waals surface area (Å²) in [5.41, 5.74) is 10.4. The second kappa shape index (κ2) is 6.12. The van der Waals surface area contributed by atoms with Crippen LogP contribution in [0.2, 0.25) is 0 Å². The molecule has 2 heteroatoms. The standard InChI is InChI=1S/C16H25NS/c1-11-4-5-15(17)16(9-11)18-10-14-7-12(2)6-13(3)8-14/h6-8,11,15-16H,4-5,9-10,17H2,1-3H3. The van der Waals surface area contributed by atoms with Gasteiger partial charge in [-0.3, -0.25) is 0 Å². The van der Waals surface area contributed by atoms with Crippen molar-refractivity contribution in [3.63, 3.8) is 0 Å². The van der Waals surface area contributed by atoms with Gasteiger partial charge in [0, 0.05) is 17.0 Å². The van der Waals surface area contributed by atoms with Gasteiger partial charge in [-0.1, -0.05) is 36.2 Å². The van der Waals surface area contributed by atoms with Gasteiger partial charge in [-0.2, -0.15) is 11.8 Å². The lowest BCUT2D eigenvalue weighted by Gasteiger charge is -2.32. The molecule has 1 aliphatic carbocycles. The molecule has 0 aromatic heterocycles. The molecule has 100 valence electrons. The molecule has 3 unspecified atom stereocenters.